The quantitative estimate of drug-likeness (QED) is 0.677. The Kier molecular flexibility index (Phi) is 7.15. The first-order chi connectivity index (χ1) is 8.67. The van der Waals surface area contributed by atoms with E-state index in [4.69, 9.17) is 9.47 Å². The lowest BCUT2D eigenvalue weighted by Gasteiger charge is -2.37. The highest BCUT2D eigenvalue weighted by molar-refractivity contribution is 4.89. The predicted molar refractivity (Wildman–Crippen MR) is 75.0 cm³/mol. The van der Waals surface area contributed by atoms with E-state index in [1.54, 1.807) is 7.11 Å². The van der Waals surface area contributed by atoms with Gasteiger partial charge in [-0.1, -0.05) is 6.92 Å². The fraction of sp³-hybridized carbons (Fsp3) is 1.00. The first-order valence-electron chi connectivity index (χ1n) is 7.13. The molecule has 0 aliphatic carbocycles. The van der Waals surface area contributed by atoms with Crippen LogP contribution in [-0.4, -0.2) is 64.6 Å². The Bertz CT molecular complexity index is 218. The number of methoxy groups -OCH3 is 1. The van der Waals surface area contributed by atoms with Gasteiger partial charge in [0.25, 0.3) is 0 Å². The van der Waals surface area contributed by atoms with Crippen LogP contribution < -0.4 is 5.32 Å². The molecular formula is C14H30N2O2. The maximum absolute atomic E-state index is 5.63. The van der Waals surface area contributed by atoms with Crippen LogP contribution >= 0.6 is 0 Å². The van der Waals surface area contributed by atoms with Crippen LogP contribution in [0.3, 0.4) is 0 Å². The maximum atomic E-state index is 5.63. The van der Waals surface area contributed by atoms with Crippen molar-refractivity contribution in [3.8, 4) is 0 Å². The van der Waals surface area contributed by atoms with Crippen LogP contribution in [0.25, 0.3) is 0 Å². The summed E-state index contributed by atoms with van der Waals surface area (Å²) >= 11 is 0. The Morgan fingerprint density at radius 3 is 2.78 bits per heavy atom. The van der Waals surface area contributed by atoms with Gasteiger partial charge in [0.05, 0.1) is 13.2 Å². The molecule has 0 aromatic rings. The molecule has 0 amide bonds. The molecule has 1 fully saturated rings. The second-order valence-corrected chi connectivity index (χ2v) is 5.55. The van der Waals surface area contributed by atoms with Crippen molar-refractivity contribution < 1.29 is 9.47 Å². The summed E-state index contributed by atoms with van der Waals surface area (Å²) in [6.45, 7) is 10.3. The molecule has 1 saturated heterocycles. The molecule has 0 spiro atoms. The lowest BCUT2D eigenvalue weighted by molar-refractivity contribution is 0.0663. The van der Waals surface area contributed by atoms with Crippen LogP contribution in [0.1, 0.15) is 26.7 Å². The summed E-state index contributed by atoms with van der Waals surface area (Å²) < 4.78 is 10.9. The molecular weight excluding hydrogens is 228 g/mol. The van der Waals surface area contributed by atoms with E-state index in [1.165, 1.54) is 6.42 Å². The SMILES string of the molecule is CCC(C)N(CCOC)CC1(CNC)CCOC1. The van der Waals surface area contributed by atoms with Crippen molar-refractivity contribution >= 4 is 0 Å². The number of hydrogen-bond donors (Lipinski definition) is 1. The molecule has 2 unspecified atom stereocenters. The van der Waals surface area contributed by atoms with Gasteiger partial charge in [-0.15, -0.1) is 0 Å². The van der Waals surface area contributed by atoms with E-state index in [2.05, 4.69) is 24.1 Å². The van der Waals surface area contributed by atoms with Crippen LogP contribution in [0.5, 0.6) is 0 Å². The van der Waals surface area contributed by atoms with Crippen molar-refractivity contribution in [2.24, 2.45) is 5.41 Å². The molecule has 0 aromatic heterocycles. The van der Waals surface area contributed by atoms with E-state index >= 15 is 0 Å². The van der Waals surface area contributed by atoms with Gasteiger partial charge in [0.15, 0.2) is 0 Å². The van der Waals surface area contributed by atoms with Crippen molar-refractivity contribution in [2.45, 2.75) is 32.7 Å². The first kappa shape index (κ1) is 15.9. The van der Waals surface area contributed by atoms with Crippen LogP contribution in [-0.2, 0) is 9.47 Å². The zero-order valence-corrected chi connectivity index (χ0v) is 12.5. The zero-order chi connectivity index (χ0) is 13.4. The Hall–Kier alpha value is -0.160. The summed E-state index contributed by atoms with van der Waals surface area (Å²) in [6.07, 6.45) is 2.34. The molecule has 18 heavy (non-hydrogen) atoms. The van der Waals surface area contributed by atoms with Crippen molar-refractivity contribution in [3.05, 3.63) is 0 Å². The Balaban J connectivity index is 2.60. The molecule has 108 valence electrons. The molecule has 0 aromatic carbocycles. The van der Waals surface area contributed by atoms with E-state index < -0.39 is 0 Å². The third-order valence-electron chi connectivity index (χ3n) is 4.07. The minimum Gasteiger partial charge on any atom is -0.383 e. The summed E-state index contributed by atoms with van der Waals surface area (Å²) in [4.78, 5) is 2.55. The fourth-order valence-corrected chi connectivity index (χ4v) is 2.70. The normalized spacial score (nSPS) is 25.8. The second kappa shape index (κ2) is 8.10. The number of nitrogens with zero attached hydrogens (tertiary/aromatic N) is 1. The monoisotopic (exact) mass is 258 g/mol. The molecule has 4 heteroatoms. The van der Waals surface area contributed by atoms with Crippen LogP contribution in [0, 0.1) is 5.41 Å². The molecule has 1 heterocycles. The van der Waals surface area contributed by atoms with E-state index in [1.807, 2.05) is 7.05 Å². The van der Waals surface area contributed by atoms with Crippen LogP contribution in [0.4, 0.5) is 0 Å². The zero-order valence-electron chi connectivity index (χ0n) is 12.5. The fourth-order valence-electron chi connectivity index (χ4n) is 2.70. The van der Waals surface area contributed by atoms with E-state index in [0.29, 0.717) is 6.04 Å². The molecule has 1 aliphatic heterocycles. The van der Waals surface area contributed by atoms with Gasteiger partial charge in [0, 0.05) is 44.8 Å². The number of ether oxygens (including phenoxy) is 2. The highest BCUT2D eigenvalue weighted by atomic mass is 16.5. The summed E-state index contributed by atoms with van der Waals surface area (Å²) in [7, 11) is 3.81. The van der Waals surface area contributed by atoms with Crippen LogP contribution in [0.2, 0.25) is 0 Å². The third-order valence-corrected chi connectivity index (χ3v) is 4.07. The average Bonchev–Trinajstić information content (AvgIpc) is 2.82. The molecule has 1 N–H and O–H groups in total. The second-order valence-electron chi connectivity index (χ2n) is 5.55. The van der Waals surface area contributed by atoms with Gasteiger partial charge in [0.2, 0.25) is 0 Å². The number of hydrogen-bond acceptors (Lipinski definition) is 4. The molecule has 0 bridgehead atoms. The average molecular weight is 258 g/mol. The van der Waals surface area contributed by atoms with Gasteiger partial charge >= 0.3 is 0 Å². The van der Waals surface area contributed by atoms with Gasteiger partial charge in [-0.2, -0.15) is 0 Å². The smallest absolute Gasteiger partial charge is 0.0589 e. The van der Waals surface area contributed by atoms with E-state index in [0.717, 1.165) is 45.9 Å². The molecule has 0 saturated carbocycles. The molecule has 4 nitrogen and oxygen atoms in total. The van der Waals surface area contributed by atoms with Crippen molar-refractivity contribution in [1.82, 2.24) is 10.2 Å². The number of rotatable bonds is 9. The first-order valence-corrected chi connectivity index (χ1v) is 7.13. The van der Waals surface area contributed by atoms with Gasteiger partial charge in [-0.05, 0) is 26.8 Å². The van der Waals surface area contributed by atoms with E-state index in [9.17, 15) is 0 Å². The number of nitrogens with one attached hydrogen (secondary N) is 1. The summed E-state index contributed by atoms with van der Waals surface area (Å²) in [6, 6.07) is 0.606. The largest absolute Gasteiger partial charge is 0.383 e. The summed E-state index contributed by atoms with van der Waals surface area (Å²) in [5, 5.41) is 3.33. The molecule has 2 atom stereocenters. The summed E-state index contributed by atoms with van der Waals surface area (Å²) in [5.41, 5.74) is 0.284. The van der Waals surface area contributed by atoms with Crippen molar-refractivity contribution in [2.75, 3.05) is 53.6 Å². The van der Waals surface area contributed by atoms with Crippen molar-refractivity contribution in [1.29, 1.82) is 0 Å². The van der Waals surface area contributed by atoms with Crippen molar-refractivity contribution in [3.63, 3.8) is 0 Å². The van der Waals surface area contributed by atoms with Gasteiger partial charge in [-0.3, -0.25) is 4.90 Å². The molecule has 0 radical (unpaired) electrons. The Morgan fingerprint density at radius 2 is 2.28 bits per heavy atom. The summed E-state index contributed by atoms with van der Waals surface area (Å²) in [5.74, 6) is 0. The molecule has 1 rings (SSSR count). The maximum Gasteiger partial charge on any atom is 0.0589 e. The van der Waals surface area contributed by atoms with Gasteiger partial charge in [-0.25, -0.2) is 0 Å². The Labute approximate surface area is 112 Å². The minimum atomic E-state index is 0.284. The van der Waals surface area contributed by atoms with Gasteiger partial charge < -0.3 is 14.8 Å². The highest BCUT2D eigenvalue weighted by Crippen LogP contribution is 2.29. The Morgan fingerprint density at radius 1 is 1.50 bits per heavy atom. The van der Waals surface area contributed by atoms with Crippen LogP contribution in [0.15, 0.2) is 0 Å². The van der Waals surface area contributed by atoms with E-state index in [-0.39, 0.29) is 5.41 Å². The van der Waals surface area contributed by atoms with Gasteiger partial charge in [0.1, 0.15) is 0 Å². The standard InChI is InChI=1S/C14H30N2O2/c1-5-13(2)16(7-9-17-4)11-14(10-15-3)6-8-18-12-14/h13,15H,5-12H2,1-4H3. The lowest BCUT2D eigenvalue weighted by Crippen LogP contribution is -2.48. The lowest BCUT2D eigenvalue weighted by atomic mass is 9.86. The highest BCUT2D eigenvalue weighted by Gasteiger charge is 2.36. The predicted octanol–water partition coefficient (Wildman–Crippen LogP) is 1.36. The molecule has 1 aliphatic rings. The minimum absolute atomic E-state index is 0.284. The topological polar surface area (TPSA) is 33.7 Å². The third kappa shape index (κ3) is 4.50.